The highest BCUT2D eigenvalue weighted by molar-refractivity contribution is 9.10. The quantitative estimate of drug-likeness (QED) is 0.890. The number of aromatic carboxylic acids is 1. The molecule has 0 saturated carbocycles. The first-order chi connectivity index (χ1) is 9.90. The number of aromatic nitrogens is 1. The van der Waals surface area contributed by atoms with Gasteiger partial charge in [0, 0.05) is 4.47 Å². The molecule has 6 heteroatoms. The van der Waals surface area contributed by atoms with Crippen LogP contribution in [0.4, 0.5) is 5.69 Å². The Labute approximate surface area is 130 Å². The number of rotatable bonds is 3. The van der Waals surface area contributed by atoms with Gasteiger partial charge in [0.05, 0.1) is 16.9 Å². The zero-order valence-corrected chi connectivity index (χ0v) is 13.1. The van der Waals surface area contributed by atoms with E-state index >= 15 is 0 Å². The first kappa shape index (κ1) is 15.2. The van der Waals surface area contributed by atoms with E-state index in [4.69, 9.17) is 5.11 Å². The monoisotopic (exact) mass is 348 g/mol. The first-order valence-corrected chi connectivity index (χ1v) is 6.97. The van der Waals surface area contributed by atoms with Gasteiger partial charge in [0.25, 0.3) is 5.91 Å². The average molecular weight is 349 g/mol. The number of halogens is 1. The minimum atomic E-state index is -1.06. The van der Waals surface area contributed by atoms with Gasteiger partial charge in [-0.1, -0.05) is 12.1 Å². The molecule has 0 radical (unpaired) electrons. The zero-order chi connectivity index (χ0) is 15.6. The van der Waals surface area contributed by atoms with Gasteiger partial charge in [0.15, 0.2) is 0 Å². The van der Waals surface area contributed by atoms with Crippen LogP contribution in [0.15, 0.2) is 34.8 Å². The van der Waals surface area contributed by atoms with Crippen molar-refractivity contribution in [3.05, 3.63) is 57.3 Å². The number of nitrogens with one attached hydrogen (secondary N) is 1. The van der Waals surface area contributed by atoms with Crippen LogP contribution in [0.3, 0.4) is 0 Å². The maximum Gasteiger partial charge on any atom is 0.337 e. The van der Waals surface area contributed by atoms with Gasteiger partial charge in [-0.15, -0.1) is 0 Å². The molecule has 0 aliphatic heterocycles. The highest BCUT2D eigenvalue weighted by atomic mass is 79.9. The van der Waals surface area contributed by atoms with Crippen molar-refractivity contribution in [2.24, 2.45) is 0 Å². The molecule has 0 aliphatic rings. The first-order valence-electron chi connectivity index (χ1n) is 6.17. The van der Waals surface area contributed by atoms with E-state index in [9.17, 15) is 9.59 Å². The van der Waals surface area contributed by atoms with E-state index in [2.05, 4.69) is 26.2 Å². The third-order valence-electron chi connectivity index (χ3n) is 2.99. The molecule has 0 bridgehead atoms. The summed E-state index contributed by atoms with van der Waals surface area (Å²) in [5.41, 5.74) is 2.20. The SMILES string of the molecule is Cc1cccc(NC(=O)c2ccc(C(=O)O)c(C)n2)c1Br. The Kier molecular flexibility index (Phi) is 4.37. The fourth-order valence-corrected chi connectivity index (χ4v) is 2.21. The zero-order valence-electron chi connectivity index (χ0n) is 11.5. The Morgan fingerprint density at radius 2 is 1.90 bits per heavy atom. The summed E-state index contributed by atoms with van der Waals surface area (Å²) in [7, 11) is 0. The van der Waals surface area contributed by atoms with Gasteiger partial charge >= 0.3 is 5.97 Å². The van der Waals surface area contributed by atoms with Crippen molar-refractivity contribution in [1.82, 2.24) is 4.98 Å². The fraction of sp³-hybridized carbons (Fsp3) is 0.133. The molecule has 5 nitrogen and oxygen atoms in total. The predicted octanol–water partition coefficient (Wildman–Crippen LogP) is 3.41. The standard InChI is InChI=1S/C15H13BrN2O3/c1-8-4-3-5-11(13(8)16)18-14(19)12-7-6-10(15(20)21)9(2)17-12/h3-7H,1-2H3,(H,18,19)(H,20,21). The van der Waals surface area contributed by atoms with Gasteiger partial charge in [-0.3, -0.25) is 4.79 Å². The van der Waals surface area contributed by atoms with Gasteiger partial charge in [-0.25, -0.2) is 9.78 Å². The van der Waals surface area contributed by atoms with Crippen LogP contribution in [0.2, 0.25) is 0 Å². The molecule has 21 heavy (non-hydrogen) atoms. The Morgan fingerprint density at radius 3 is 2.52 bits per heavy atom. The molecular weight excluding hydrogens is 336 g/mol. The molecule has 0 unspecified atom stereocenters. The van der Waals surface area contributed by atoms with Gasteiger partial charge in [0.2, 0.25) is 0 Å². The molecule has 1 aromatic carbocycles. The highest BCUT2D eigenvalue weighted by Gasteiger charge is 2.14. The number of carbonyl (C=O) groups is 2. The van der Waals surface area contributed by atoms with Crippen LogP contribution in [0.1, 0.15) is 32.1 Å². The lowest BCUT2D eigenvalue weighted by Gasteiger charge is -2.09. The predicted molar refractivity (Wildman–Crippen MR) is 82.8 cm³/mol. The molecule has 108 valence electrons. The second kappa shape index (κ2) is 6.05. The molecule has 1 heterocycles. The van der Waals surface area contributed by atoms with Gasteiger partial charge in [0.1, 0.15) is 5.69 Å². The number of carbonyl (C=O) groups excluding carboxylic acids is 1. The number of anilines is 1. The Hall–Kier alpha value is -2.21. The number of nitrogens with zero attached hydrogens (tertiary/aromatic N) is 1. The second-order valence-electron chi connectivity index (χ2n) is 4.53. The molecule has 2 rings (SSSR count). The van der Waals surface area contributed by atoms with Crippen molar-refractivity contribution >= 4 is 33.5 Å². The highest BCUT2D eigenvalue weighted by Crippen LogP contribution is 2.26. The summed E-state index contributed by atoms with van der Waals surface area (Å²) >= 11 is 3.41. The van der Waals surface area contributed by atoms with Crippen LogP contribution in [0.25, 0.3) is 0 Å². The number of carboxylic acid groups (broad SMARTS) is 1. The van der Waals surface area contributed by atoms with Gasteiger partial charge in [-0.2, -0.15) is 0 Å². The van der Waals surface area contributed by atoms with Crippen molar-refractivity contribution < 1.29 is 14.7 Å². The average Bonchev–Trinajstić information content (AvgIpc) is 2.43. The minimum absolute atomic E-state index is 0.0864. The van der Waals surface area contributed by atoms with Crippen LogP contribution < -0.4 is 5.32 Å². The lowest BCUT2D eigenvalue weighted by molar-refractivity contribution is 0.0695. The third-order valence-corrected chi connectivity index (χ3v) is 4.04. The van der Waals surface area contributed by atoms with E-state index in [1.807, 2.05) is 19.1 Å². The summed E-state index contributed by atoms with van der Waals surface area (Å²) in [4.78, 5) is 27.1. The number of amides is 1. The van der Waals surface area contributed by atoms with Crippen LogP contribution >= 0.6 is 15.9 Å². The Balaban J connectivity index is 2.27. The van der Waals surface area contributed by atoms with E-state index in [0.29, 0.717) is 11.4 Å². The summed E-state index contributed by atoms with van der Waals surface area (Å²) in [5, 5.41) is 11.7. The minimum Gasteiger partial charge on any atom is -0.478 e. The molecule has 1 amide bonds. The van der Waals surface area contributed by atoms with Crippen LogP contribution in [0.5, 0.6) is 0 Å². The molecule has 1 aromatic heterocycles. The summed E-state index contributed by atoms with van der Waals surface area (Å²) in [6.07, 6.45) is 0. The summed E-state index contributed by atoms with van der Waals surface area (Å²) in [5.74, 6) is -1.45. The Bertz CT molecular complexity index is 729. The van der Waals surface area contributed by atoms with Crippen LogP contribution in [-0.4, -0.2) is 22.0 Å². The lowest BCUT2D eigenvalue weighted by atomic mass is 10.1. The largest absolute Gasteiger partial charge is 0.478 e. The molecule has 0 aliphatic carbocycles. The van der Waals surface area contributed by atoms with E-state index in [1.54, 1.807) is 13.0 Å². The number of aryl methyl sites for hydroxylation is 2. The second-order valence-corrected chi connectivity index (χ2v) is 5.32. The van der Waals surface area contributed by atoms with E-state index < -0.39 is 5.97 Å². The van der Waals surface area contributed by atoms with Crippen molar-refractivity contribution in [3.63, 3.8) is 0 Å². The summed E-state index contributed by atoms with van der Waals surface area (Å²) in [6, 6.07) is 8.31. The summed E-state index contributed by atoms with van der Waals surface area (Å²) < 4.78 is 0.803. The molecular formula is C15H13BrN2O3. The maximum atomic E-state index is 12.2. The fourth-order valence-electron chi connectivity index (χ4n) is 1.84. The molecule has 0 saturated heterocycles. The topological polar surface area (TPSA) is 79.3 Å². The number of benzene rings is 1. The van der Waals surface area contributed by atoms with Crippen molar-refractivity contribution in [3.8, 4) is 0 Å². The number of hydrogen-bond donors (Lipinski definition) is 2. The Morgan fingerprint density at radius 1 is 1.19 bits per heavy atom. The van der Waals surface area contributed by atoms with Crippen molar-refractivity contribution in [1.29, 1.82) is 0 Å². The van der Waals surface area contributed by atoms with Crippen LogP contribution in [-0.2, 0) is 0 Å². The number of pyridine rings is 1. The number of hydrogen-bond acceptors (Lipinski definition) is 3. The van der Waals surface area contributed by atoms with E-state index in [0.717, 1.165) is 10.0 Å². The summed E-state index contributed by atoms with van der Waals surface area (Å²) in [6.45, 7) is 3.48. The van der Waals surface area contributed by atoms with Crippen LogP contribution in [0, 0.1) is 13.8 Å². The normalized spacial score (nSPS) is 10.2. The molecule has 2 N–H and O–H groups in total. The van der Waals surface area contributed by atoms with Gasteiger partial charge in [-0.05, 0) is 53.5 Å². The van der Waals surface area contributed by atoms with E-state index in [-0.39, 0.29) is 17.2 Å². The lowest BCUT2D eigenvalue weighted by Crippen LogP contribution is -2.15. The molecule has 0 spiro atoms. The van der Waals surface area contributed by atoms with Gasteiger partial charge < -0.3 is 10.4 Å². The smallest absolute Gasteiger partial charge is 0.337 e. The van der Waals surface area contributed by atoms with Crippen molar-refractivity contribution in [2.45, 2.75) is 13.8 Å². The number of carboxylic acids is 1. The maximum absolute atomic E-state index is 12.2. The molecule has 0 fully saturated rings. The molecule has 0 atom stereocenters. The van der Waals surface area contributed by atoms with E-state index in [1.165, 1.54) is 12.1 Å². The molecule has 2 aromatic rings. The third kappa shape index (κ3) is 3.28. The van der Waals surface area contributed by atoms with Crippen molar-refractivity contribution in [2.75, 3.05) is 5.32 Å².